The average Bonchev–Trinajstić information content (AvgIpc) is 2.40. The van der Waals surface area contributed by atoms with Gasteiger partial charge in [-0.25, -0.2) is 9.78 Å². The van der Waals surface area contributed by atoms with Crippen LogP contribution in [0.15, 0.2) is 12.4 Å². The van der Waals surface area contributed by atoms with E-state index in [1.807, 2.05) is 0 Å². The van der Waals surface area contributed by atoms with E-state index in [1.165, 1.54) is 11.3 Å². The first-order valence-electron chi connectivity index (χ1n) is 2.93. The molecule has 0 aliphatic carbocycles. The summed E-state index contributed by atoms with van der Waals surface area (Å²) in [6.07, 6.45) is 1.55. The molecule has 0 amide bonds. The number of hydrogen-bond donors (Lipinski definition) is 2. The lowest BCUT2D eigenvalue weighted by atomic mass is 10.4. The number of hydrogen-bond acceptors (Lipinski definition) is 3. The van der Waals surface area contributed by atoms with Crippen LogP contribution >= 0.6 is 11.3 Å². The number of carboxylic acids is 1. The molecule has 0 radical (unpaired) electrons. The van der Waals surface area contributed by atoms with E-state index in [2.05, 4.69) is 9.97 Å². The molecule has 0 aliphatic rings. The highest BCUT2D eigenvalue weighted by Gasteiger charge is 2.08. The van der Waals surface area contributed by atoms with Crippen LogP contribution in [0.25, 0.3) is 10.3 Å². The number of fused-ring (bicyclic) bond motifs is 1. The summed E-state index contributed by atoms with van der Waals surface area (Å²) in [5.41, 5.74) is 0.785. The topological polar surface area (TPSA) is 66.0 Å². The number of imidazole rings is 1. The summed E-state index contributed by atoms with van der Waals surface area (Å²) in [5.74, 6) is -0.901. The zero-order valence-electron chi connectivity index (χ0n) is 5.37. The summed E-state index contributed by atoms with van der Waals surface area (Å²) in [5, 5.41) is 8.57. The van der Waals surface area contributed by atoms with E-state index >= 15 is 0 Å². The van der Waals surface area contributed by atoms with Gasteiger partial charge in [-0.05, 0) is 6.07 Å². The summed E-state index contributed by atoms with van der Waals surface area (Å²) in [7, 11) is 0. The molecular weight excluding hydrogens is 164 g/mol. The minimum absolute atomic E-state index is 0.319. The van der Waals surface area contributed by atoms with E-state index in [0.29, 0.717) is 4.88 Å². The van der Waals surface area contributed by atoms with Gasteiger partial charge in [0, 0.05) is 0 Å². The summed E-state index contributed by atoms with van der Waals surface area (Å²) in [6.45, 7) is 0. The molecule has 0 atom stereocenters. The number of carboxylic acid groups (broad SMARTS) is 1. The molecule has 0 spiro atoms. The third-order valence-electron chi connectivity index (χ3n) is 1.33. The molecule has 11 heavy (non-hydrogen) atoms. The number of H-pyrrole nitrogens is 1. The van der Waals surface area contributed by atoms with Crippen molar-refractivity contribution in [2.45, 2.75) is 0 Å². The van der Waals surface area contributed by atoms with E-state index in [-0.39, 0.29) is 0 Å². The van der Waals surface area contributed by atoms with Gasteiger partial charge in [-0.2, -0.15) is 0 Å². The van der Waals surface area contributed by atoms with Crippen LogP contribution in [0, 0.1) is 0 Å². The van der Waals surface area contributed by atoms with E-state index in [4.69, 9.17) is 5.11 Å². The highest BCUT2D eigenvalue weighted by molar-refractivity contribution is 7.20. The van der Waals surface area contributed by atoms with Crippen LogP contribution in [0.4, 0.5) is 0 Å². The van der Waals surface area contributed by atoms with Gasteiger partial charge in [-0.1, -0.05) is 0 Å². The van der Waals surface area contributed by atoms with Gasteiger partial charge in [0.2, 0.25) is 0 Å². The van der Waals surface area contributed by atoms with Gasteiger partial charge < -0.3 is 10.1 Å². The molecule has 56 valence electrons. The van der Waals surface area contributed by atoms with Crippen LogP contribution in [0.1, 0.15) is 9.67 Å². The lowest BCUT2D eigenvalue weighted by molar-refractivity contribution is 0.0702. The van der Waals surface area contributed by atoms with E-state index in [1.54, 1.807) is 12.4 Å². The Morgan fingerprint density at radius 2 is 2.55 bits per heavy atom. The van der Waals surface area contributed by atoms with Crippen LogP contribution < -0.4 is 0 Å². The Morgan fingerprint density at radius 1 is 1.73 bits per heavy atom. The second kappa shape index (κ2) is 2.06. The van der Waals surface area contributed by atoms with Gasteiger partial charge in [0.1, 0.15) is 9.71 Å². The molecular formula is C6H4N2O2S. The van der Waals surface area contributed by atoms with Crippen molar-refractivity contribution in [2.75, 3.05) is 0 Å². The molecule has 0 saturated heterocycles. The van der Waals surface area contributed by atoms with E-state index < -0.39 is 5.97 Å². The van der Waals surface area contributed by atoms with E-state index in [0.717, 1.165) is 10.3 Å². The molecule has 0 aliphatic heterocycles. The fourth-order valence-electron chi connectivity index (χ4n) is 0.847. The Morgan fingerprint density at radius 3 is 3.18 bits per heavy atom. The molecule has 0 unspecified atom stereocenters. The maximum atomic E-state index is 10.4. The Kier molecular flexibility index (Phi) is 1.19. The SMILES string of the molecule is O=C(O)c1cc2[nH]cnc2s1. The van der Waals surface area contributed by atoms with Crippen LogP contribution in [-0.4, -0.2) is 21.0 Å². The number of thiophene rings is 1. The lowest BCUT2D eigenvalue weighted by Gasteiger charge is -1.79. The predicted octanol–water partition coefficient (Wildman–Crippen LogP) is 1.32. The normalized spacial score (nSPS) is 10.5. The Bertz CT molecular complexity index is 375. The fraction of sp³-hybridized carbons (Fsp3) is 0. The molecule has 2 aromatic heterocycles. The minimum Gasteiger partial charge on any atom is -0.477 e. The third-order valence-corrected chi connectivity index (χ3v) is 2.36. The van der Waals surface area contributed by atoms with Crippen molar-refractivity contribution in [2.24, 2.45) is 0 Å². The molecule has 5 heteroatoms. The lowest BCUT2D eigenvalue weighted by Crippen LogP contribution is -1.89. The largest absolute Gasteiger partial charge is 0.477 e. The third kappa shape index (κ3) is 0.894. The van der Waals surface area contributed by atoms with Gasteiger partial charge >= 0.3 is 5.97 Å². The van der Waals surface area contributed by atoms with Gasteiger partial charge in [0.05, 0.1) is 11.8 Å². The molecule has 0 saturated carbocycles. The number of aromatic amines is 1. The van der Waals surface area contributed by atoms with Gasteiger partial charge in [0.15, 0.2) is 0 Å². The number of nitrogens with one attached hydrogen (secondary N) is 1. The zero-order valence-corrected chi connectivity index (χ0v) is 6.18. The van der Waals surface area contributed by atoms with Gasteiger partial charge in [-0.3, -0.25) is 0 Å². The van der Waals surface area contributed by atoms with Crippen molar-refractivity contribution in [3.05, 3.63) is 17.3 Å². The maximum Gasteiger partial charge on any atom is 0.346 e. The number of nitrogens with zero attached hydrogens (tertiary/aromatic N) is 1. The zero-order chi connectivity index (χ0) is 7.84. The molecule has 2 heterocycles. The quantitative estimate of drug-likeness (QED) is 0.674. The first-order valence-corrected chi connectivity index (χ1v) is 3.75. The highest BCUT2D eigenvalue weighted by atomic mass is 32.1. The van der Waals surface area contributed by atoms with Crippen LogP contribution in [0.3, 0.4) is 0 Å². The van der Waals surface area contributed by atoms with Crippen molar-refractivity contribution >= 4 is 27.7 Å². The monoisotopic (exact) mass is 168 g/mol. The van der Waals surface area contributed by atoms with Gasteiger partial charge in [0.25, 0.3) is 0 Å². The summed E-state index contributed by atoms with van der Waals surface area (Å²) < 4.78 is 0. The van der Waals surface area contributed by atoms with Gasteiger partial charge in [-0.15, -0.1) is 11.3 Å². The molecule has 2 N–H and O–H groups in total. The van der Waals surface area contributed by atoms with Crippen molar-refractivity contribution in [3.63, 3.8) is 0 Å². The van der Waals surface area contributed by atoms with Crippen LogP contribution in [0.2, 0.25) is 0 Å². The Hall–Kier alpha value is -1.36. The van der Waals surface area contributed by atoms with Crippen molar-refractivity contribution in [1.29, 1.82) is 0 Å². The van der Waals surface area contributed by atoms with Crippen LogP contribution in [0.5, 0.6) is 0 Å². The number of aromatic carboxylic acids is 1. The molecule has 0 fully saturated rings. The van der Waals surface area contributed by atoms with Crippen molar-refractivity contribution in [3.8, 4) is 0 Å². The second-order valence-corrected chi connectivity index (χ2v) is 3.07. The summed E-state index contributed by atoms with van der Waals surface area (Å²) in [4.78, 5) is 18.2. The molecule has 0 aromatic carbocycles. The number of rotatable bonds is 1. The standard InChI is InChI=1S/C6H4N2O2S/c9-6(10)4-1-3-5(11-4)8-2-7-3/h1-2H,(H,7,8)(H,9,10). The number of aromatic nitrogens is 2. The molecule has 4 nitrogen and oxygen atoms in total. The molecule has 2 rings (SSSR count). The summed E-state index contributed by atoms with van der Waals surface area (Å²) >= 11 is 1.17. The molecule has 0 bridgehead atoms. The first-order chi connectivity index (χ1) is 5.27. The van der Waals surface area contributed by atoms with Crippen molar-refractivity contribution < 1.29 is 9.90 Å². The maximum absolute atomic E-state index is 10.4. The Balaban J connectivity index is 2.67. The average molecular weight is 168 g/mol. The molecule has 2 aromatic rings. The smallest absolute Gasteiger partial charge is 0.346 e. The number of carbonyl (C=O) groups is 1. The Labute approximate surface area is 65.5 Å². The first kappa shape index (κ1) is 6.36. The minimum atomic E-state index is -0.901. The van der Waals surface area contributed by atoms with E-state index in [9.17, 15) is 4.79 Å². The van der Waals surface area contributed by atoms with Crippen molar-refractivity contribution in [1.82, 2.24) is 9.97 Å². The predicted molar refractivity (Wildman–Crippen MR) is 40.9 cm³/mol. The van der Waals surface area contributed by atoms with Crippen LogP contribution in [-0.2, 0) is 0 Å². The second-order valence-electron chi connectivity index (χ2n) is 2.04. The highest BCUT2D eigenvalue weighted by Crippen LogP contribution is 2.21. The summed E-state index contributed by atoms with van der Waals surface area (Å²) in [6, 6.07) is 1.58. The fourth-order valence-corrected chi connectivity index (χ4v) is 1.65.